The molecule has 4 heteroatoms. The molecule has 0 saturated carbocycles. The topological polar surface area (TPSA) is 32.3 Å². The van der Waals surface area contributed by atoms with Crippen molar-refractivity contribution in [2.75, 3.05) is 9.80 Å². The van der Waals surface area contributed by atoms with Gasteiger partial charge in [0, 0.05) is 33.9 Å². The van der Waals surface area contributed by atoms with Gasteiger partial charge in [-0.05, 0) is 80.8 Å². The molecule has 0 radical (unpaired) electrons. The Morgan fingerprint density at radius 1 is 0.280 bits per heavy atom. The number of aromatic nitrogens is 2. The van der Waals surface area contributed by atoms with E-state index in [1.165, 1.54) is 53.9 Å². The van der Waals surface area contributed by atoms with E-state index in [0.717, 1.165) is 34.4 Å². The third-order valence-electron chi connectivity index (χ3n) is 9.87. The van der Waals surface area contributed by atoms with Crippen LogP contribution in [-0.2, 0) is 0 Å². The number of hydrogen-bond acceptors (Lipinski definition) is 4. The summed E-state index contributed by atoms with van der Waals surface area (Å²) in [4.78, 5) is 14.4. The Kier molecular flexibility index (Phi) is 6.46. The third kappa shape index (κ3) is 4.39. The third-order valence-corrected chi connectivity index (χ3v) is 9.87. The van der Waals surface area contributed by atoms with Crippen LogP contribution in [0.25, 0.3) is 53.9 Å². The summed E-state index contributed by atoms with van der Waals surface area (Å²) >= 11 is 0. The highest BCUT2D eigenvalue weighted by Crippen LogP contribution is 2.48. The summed E-state index contributed by atoms with van der Waals surface area (Å²) in [5.41, 5.74) is 4.36. The largest absolute Gasteiger partial charge is 0.294 e. The Hall–Kier alpha value is -6.78. The maximum Gasteiger partial charge on any atom is 0.137 e. The van der Waals surface area contributed by atoms with Gasteiger partial charge in [0.05, 0.1) is 22.7 Å². The Labute approximate surface area is 289 Å². The Balaban J connectivity index is 1.27. The van der Waals surface area contributed by atoms with E-state index < -0.39 is 0 Å². The Morgan fingerprint density at radius 3 is 1.14 bits per heavy atom. The van der Waals surface area contributed by atoms with Gasteiger partial charge in [0.15, 0.2) is 0 Å². The standard InChI is InChI=1S/C46H30N4/c1-3-15-35-31(11-1)13-9-17-39(35)49(43-19-5-7-29-47-43)41-27-23-33-22-26-38-42(28-24-34-21-25-37(41)45(33)46(34)38)50(44-20-6-8-30-48-44)40-18-10-14-32-12-2-4-16-36(32)40/h1-30H. The van der Waals surface area contributed by atoms with Gasteiger partial charge < -0.3 is 0 Å². The lowest BCUT2D eigenvalue weighted by Crippen LogP contribution is -2.13. The van der Waals surface area contributed by atoms with E-state index in [2.05, 4.69) is 168 Å². The predicted molar refractivity (Wildman–Crippen MR) is 210 cm³/mol. The average molecular weight is 639 g/mol. The number of nitrogens with zero attached hydrogens (tertiary/aromatic N) is 4. The van der Waals surface area contributed by atoms with Crippen LogP contribution in [0.4, 0.5) is 34.4 Å². The Bertz CT molecular complexity index is 2620. The van der Waals surface area contributed by atoms with E-state index in [1.807, 2.05) is 24.5 Å². The van der Waals surface area contributed by atoms with Crippen LogP contribution in [0.5, 0.6) is 0 Å². The molecule has 0 unspecified atom stereocenters. The van der Waals surface area contributed by atoms with E-state index in [9.17, 15) is 0 Å². The fourth-order valence-electron chi connectivity index (χ4n) is 7.69. The summed E-state index contributed by atoms with van der Waals surface area (Å²) in [6.45, 7) is 0. The lowest BCUT2D eigenvalue weighted by molar-refractivity contribution is 1.19. The van der Waals surface area contributed by atoms with E-state index >= 15 is 0 Å². The van der Waals surface area contributed by atoms with Gasteiger partial charge in [0.2, 0.25) is 0 Å². The molecule has 0 saturated heterocycles. The number of hydrogen-bond donors (Lipinski definition) is 0. The molecule has 0 aliphatic rings. The molecule has 50 heavy (non-hydrogen) atoms. The molecule has 0 fully saturated rings. The first-order valence-corrected chi connectivity index (χ1v) is 16.9. The van der Waals surface area contributed by atoms with Crippen LogP contribution in [0.15, 0.2) is 182 Å². The van der Waals surface area contributed by atoms with Crippen LogP contribution >= 0.6 is 0 Å². The number of benzene rings is 8. The molecule has 0 N–H and O–H groups in total. The number of rotatable bonds is 6. The molecule has 234 valence electrons. The van der Waals surface area contributed by atoms with E-state index in [4.69, 9.17) is 9.97 Å². The molecular weight excluding hydrogens is 609 g/mol. The van der Waals surface area contributed by atoms with Crippen molar-refractivity contribution in [2.24, 2.45) is 0 Å². The molecule has 4 nitrogen and oxygen atoms in total. The molecule has 0 aliphatic heterocycles. The highest BCUT2D eigenvalue weighted by atomic mass is 15.2. The van der Waals surface area contributed by atoms with Crippen molar-refractivity contribution in [3.05, 3.63) is 182 Å². The molecule has 10 aromatic rings. The van der Waals surface area contributed by atoms with Crippen LogP contribution in [0, 0.1) is 0 Å². The van der Waals surface area contributed by atoms with Crippen molar-refractivity contribution in [3.8, 4) is 0 Å². The van der Waals surface area contributed by atoms with Gasteiger partial charge in [-0.2, -0.15) is 0 Å². The second kappa shape index (κ2) is 11.4. The molecule has 0 atom stereocenters. The zero-order valence-corrected chi connectivity index (χ0v) is 27.1. The molecule has 2 aromatic heterocycles. The van der Waals surface area contributed by atoms with Crippen LogP contribution in [-0.4, -0.2) is 9.97 Å². The maximum atomic E-state index is 4.89. The minimum absolute atomic E-state index is 0.872. The zero-order chi connectivity index (χ0) is 33.0. The smallest absolute Gasteiger partial charge is 0.137 e. The van der Waals surface area contributed by atoms with Gasteiger partial charge in [-0.1, -0.05) is 121 Å². The van der Waals surface area contributed by atoms with Crippen molar-refractivity contribution >= 4 is 88.2 Å². The first-order chi connectivity index (χ1) is 24.8. The minimum Gasteiger partial charge on any atom is -0.294 e. The van der Waals surface area contributed by atoms with Crippen LogP contribution in [0.1, 0.15) is 0 Å². The molecule has 0 aliphatic carbocycles. The van der Waals surface area contributed by atoms with Gasteiger partial charge in [0.1, 0.15) is 11.6 Å². The van der Waals surface area contributed by atoms with Crippen LogP contribution in [0.3, 0.4) is 0 Å². The lowest BCUT2D eigenvalue weighted by atomic mass is 9.91. The van der Waals surface area contributed by atoms with Crippen LogP contribution in [0.2, 0.25) is 0 Å². The fraction of sp³-hybridized carbons (Fsp3) is 0. The number of pyridine rings is 2. The maximum absolute atomic E-state index is 4.89. The SMILES string of the molecule is c1ccc(N(c2cccc3ccccc23)c2ccc3ccc4c(N(c5ccccn5)c5cccc6ccccc56)ccc5ccc2c3c54)nc1. The van der Waals surface area contributed by atoms with E-state index in [1.54, 1.807) is 0 Å². The fourth-order valence-corrected chi connectivity index (χ4v) is 7.69. The summed E-state index contributed by atoms with van der Waals surface area (Å²) < 4.78 is 0. The molecule has 0 amide bonds. The molecular formula is C46H30N4. The summed E-state index contributed by atoms with van der Waals surface area (Å²) in [5, 5.41) is 12.0. The number of fused-ring (bicyclic) bond motifs is 2. The molecule has 10 rings (SSSR count). The van der Waals surface area contributed by atoms with Crippen molar-refractivity contribution in [2.45, 2.75) is 0 Å². The van der Waals surface area contributed by atoms with Crippen molar-refractivity contribution in [3.63, 3.8) is 0 Å². The minimum atomic E-state index is 0.872. The summed E-state index contributed by atoms with van der Waals surface area (Å²) in [6.07, 6.45) is 3.74. The van der Waals surface area contributed by atoms with Gasteiger partial charge in [-0.15, -0.1) is 0 Å². The van der Waals surface area contributed by atoms with Crippen molar-refractivity contribution in [1.82, 2.24) is 9.97 Å². The first-order valence-electron chi connectivity index (χ1n) is 16.9. The average Bonchev–Trinajstić information content (AvgIpc) is 3.19. The number of anilines is 6. The molecule has 0 bridgehead atoms. The van der Waals surface area contributed by atoms with Gasteiger partial charge in [0.25, 0.3) is 0 Å². The highest BCUT2D eigenvalue weighted by Gasteiger charge is 2.23. The normalized spacial score (nSPS) is 11.6. The summed E-state index contributed by atoms with van der Waals surface area (Å²) in [5.74, 6) is 1.74. The summed E-state index contributed by atoms with van der Waals surface area (Å²) in [7, 11) is 0. The van der Waals surface area contributed by atoms with E-state index in [0.29, 0.717) is 0 Å². The van der Waals surface area contributed by atoms with Gasteiger partial charge in [-0.25, -0.2) is 9.97 Å². The van der Waals surface area contributed by atoms with E-state index in [-0.39, 0.29) is 0 Å². The second-order valence-corrected chi connectivity index (χ2v) is 12.6. The lowest BCUT2D eigenvalue weighted by Gasteiger charge is -2.29. The zero-order valence-electron chi connectivity index (χ0n) is 27.1. The predicted octanol–water partition coefficient (Wildman–Crippen LogP) is 12.6. The van der Waals surface area contributed by atoms with Crippen molar-refractivity contribution < 1.29 is 0 Å². The van der Waals surface area contributed by atoms with Gasteiger partial charge >= 0.3 is 0 Å². The van der Waals surface area contributed by atoms with Crippen molar-refractivity contribution in [1.29, 1.82) is 0 Å². The first kappa shape index (κ1) is 28.3. The molecule has 8 aromatic carbocycles. The Morgan fingerprint density at radius 2 is 0.680 bits per heavy atom. The van der Waals surface area contributed by atoms with Gasteiger partial charge in [-0.3, -0.25) is 9.80 Å². The highest BCUT2D eigenvalue weighted by molar-refractivity contribution is 6.28. The second-order valence-electron chi connectivity index (χ2n) is 12.6. The molecule has 0 spiro atoms. The summed E-state index contributed by atoms with van der Waals surface area (Å²) in [6, 6.07) is 60.5. The molecule has 2 heterocycles. The quantitative estimate of drug-likeness (QED) is 0.170. The monoisotopic (exact) mass is 638 g/mol. The van der Waals surface area contributed by atoms with Crippen LogP contribution < -0.4 is 9.80 Å².